The molecule has 5 nitrogen and oxygen atoms in total. The van der Waals surface area contributed by atoms with E-state index >= 15 is 0 Å². The van der Waals surface area contributed by atoms with E-state index in [4.69, 9.17) is 18.8 Å². The van der Waals surface area contributed by atoms with E-state index in [2.05, 4.69) is 6.92 Å². The lowest BCUT2D eigenvalue weighted by atomic mass is 9.87. The number of unbranched alkanes of at least 4 members (excludes halogenated alkanes) is 5. The monoisotopic (exact) mass is 358 g/mol. The smallest absolute Gasteiger partial charge is 0.457 e. The summed E-state index contributed by atoms with van der Waals surface area (Å²) in [5.41, 5.74) is -0.0252. The number of ether oxygens (including phenoxy) is 2. The average Bonchev–Trinajstić information content (AvgIpc) is 3.12. The Morgan fingerprint density at radius 3 is 2.50 bits per heavy atom. The van der Waals surface area contributed by atoms with Crippen molar-refractivity contribution >= 4 is 24.8 Å². The van der Waals surface area contributed by atoms with Crippen molar-refractivity contribution in [1.82, 2.24) is 0 Å². The fourth-order valence-electron chi connectivity index (χ4n) is 3.12. The Labute approximate surface area is 150 Å². The van der Waals surface area contributed by atoms with Crippen molar-refractivity contribution in [3.05, 3.63) is 0 Å². The van der Waals surface area contributed by atoms with Crippen LogP contribution in [0.25, 0.3) is 0 Å². The number of thioether (sulfide) groups is 1. The highest BCUT2D eigenvalue weighted by atomic mass is 32.2. The second kappa shape index (κ2) is 10.7. The molecule has 2 fully saturated rings. The molecule has 2 saturated heterocycles. The molecule has 0 aromatic carbocycles. The maximum absolute atomic E-state index is 11.1. The van der Waals surface area contributed by atoms with Gasteiger partial charge in [-0.05, 0) is 18.5 Å². The third kappa shape index (κ3) is 5.93. The second-order valence-electron chi connectivity index (χ2n) is 6.52. The minimum atomic E-state index is -0.288. The Hall–Kier alpha value is -0.235. The summed E-state index contributed by atoms with van der Waals surface area (Å²) in [7, 11) is -0.166. The largest absolute Gasteiger partial charge is 0.463 e. The number of esters is 1. The standard InChI is InChI=1S/C17H31BO5S/c1-4-6-7-8-9-10-11-24-17-16-15(22-18(5-2)23-16)14(21-17)12-20-13(3)19/h14-17H,4-12H2,1-3H3/t14-,15+,16+,17+/m1/s1. The summed E-state index contributed by atoms with van der Waals surface area (Å²) < 4.78 is 23.1. The van der Waals surface area contributed by atoms with E-state index in [1.807, 2.05) is 18.7 Å². The van der Waals surface area contributed by atoms with Gasteiger partial charge in [-0.1, -0.05) is 46.0 Å². The second-order valence-corrected chi connectivity index (χ2v) is 7.73. The summed E-state index contributed by atoms with van der Waals surface area (Å²) in [4.78, 5) is 11.1. The molecule has 0 amide bonds. The number of hydrogen-bond donors (Lipinski definition) is 0. The molecule has 0 bridgehead atoms. The number of carbonyl (C=O) groups excluding carboxylic acids is 1. The van der Waals surface area contributed by atoms with Crippen molar-refractivity contribution in [2.45, 2.75) is 89.4 Å². The van der Waals surface area contributed by atoms with Crippen LogP contribution in [0.5, 0.6) is 0 Å². The Kier molecular flexibility index (Phi) is 8.94. The zero-order valence-corrected chi connectivity index (χ0v) is 16.0. The van der Waals surface area contributed by atoms with Crippen LogP contribution >= 0.6 is 11.8 Å². The molecule has 7 heteroatoms. The van der Waals surface area contributed by atoms with Gasteiger partial charge in [-0.2, -0.15) is 0 Å². The van der Waals surface area contributed by atoms with Crippen molar-refractivity contribution < 1.29 is 23.6 Å². The lowest BCUT2D eigenvalue weighted by Crippen LogP contribution is -2.32. The zero-order chi connectivity index (χ0) is 17.4. The van der Waals surface area contributed by atoms with Gasteiger partial charge in [0.05, 0.1) is 0 Å². The molecule has 138 valence electrons. The molecule has 0 spiro atoms. The molecule has 2 aliphatic heterocycles. The molecule has 4 atom stereocenters. The van der Waals surface area contributed by atoms with Gasteiger partial charge in [0.1, 0.15) is 30.4 Å². The van der Waals surface area contributed by atoms with E-state index in [1.54, 1.807) is 0 Å². The SMILES string of the molecule is CCCCCCCCS[C@@H]1O[C@H](COC(C)=O)[C@@H]2OB(CC)O[C@@H]21. The molecule has 2 rings (SSSR count). The van der Waals surface area contributed by atoms with Crippen LogP contribution in [0.15, 0.2) is 0 Å². The van der Waals surface area contributed by atoms with Crippen LogP contribution in [0.2, 0.25) is 6.32 Å². The number of carbonyl (C=O) groups is 1. The van der Waals surface area contributed by atoms with E-state index in [9.17, 15) is 4.79 Å². The Bertz CT molecular complexity index is 384. The molecule has 0 saturated carbocycles. The van der Waals surface area contributed by atoms with Gasteiger partial charge < -0.3 is 18.8 Å². The van der Waals surface area contributed by atoms with E-state index in [0.29, 0.717) is 0 Å². The third-order valence-corrected chi connectivity index (χ3v) is 5.68. The van der Waals surface area contributed by atoms with Gasteiger partial charge >= 0.3 is 13.1 Å². The first-order valence-corrected chi connectivity index (χ1v) is 10.4. The summed E-state index contributed by atoms with van der Waals surface area (Å²) in [6, 6.07) is 0. The first-order chi connectivity index (χ1) is 11.7. The van der Waals surface area contributed by atoms with Gasteiger partial charge in [-0.15, -0.1) is 11.8 Å². The maximum atomic E-state index is 11.1. The van der Waals surface area contributed by atoms with Gasteiger partial charge in [0, 0.05) is 6.92 Å². The van der Waals surface area contributed by atoms with Gasteiger partial charge in [-0.3, -0.25) is 4.79 Å². The molecule has 24 heavy (non-hydrogen) atoms. The maximum Gasteiger partial charge on any atom is 0.457 e. The van der Waals surface area contributed by atoms with Crippen LogP contribution in [-0.4, -0.2) is 49.2 Å². The molecular weight excluding hydrogens is 327 g/mol. The minimum Gasteiger partial charge on any atom is -0.463 e. The van der Waals surface area contributed by atoms with Crippen LogP contribution < -0.4 is 0 Å². The molecule has 2 heterocycles. The highest BCUT2D eigenvalue weighted by Gasteiger charge is 2.53. The van der Waals surface area contributed by atoms with Crippen molar-refractivity contribution in [1.29, 1.82) is 0 Å². The average molecular weight is 358 g/mol. The molecule has 0 aromatic heterocycles. The summed E-state index contributed by atoms with van der Waals surface area (Å²) >= 11 is 1.81. The van der Waals surface area contributed by atoms with Crippen LogP contribution in [0.4, 0.5) is 0 Å². The molecule has 0 N–H and O–H groups in total. The number of rotatable bonds is 11. The first kappa shape index (κ1) is 20.1. The molecule has 0 radical (unpaired) electrons. The molecule has 0 aromatic rings. The van der Waals surface area contributed by atoms with Gasteiger partial charge in [0.15, 0.2) is 0 Å². The molecule has 2 aliphatic rings. The van der Waals surface area contributed by atoms with Crippen molar-refractivity contribution in [3.8, 4) is 0 Å². The number of fused-ring (bicyclic) bond motifs is 1. The number of hydrogen-bond acceptors (Lipinski definition) is 6. The van der Waals surface area contributed by atoms with E-state index < -0.39 is 0 Å². The van der Waals surface area contributed by atoms with Crippen LogP contribution in [0, 0.1) is 0 Å². The van der Waals surface area contributed by atoms with Gasteiger partial charge in [0.2, 0.25) is 0 Å². The Morgan fingerprint density at radius 2 is 1.79 bits per heavy atom. The summed E-state index contributed by atoms with van der Waals surface area (Å²) in [5, 5.41) is 0. The van der Waals surface area contributed by atoms with Crippen molar-refractivity contribution in [3.63, 3.8) is 0 Å². The van der Waals surface area contributed by atoms with E-state index in [0.717, 1.165) is 12.1 Å². The Morgan fingerprint density at radius 1 is 1.08 bits per heavy atom. The quantitative estimate of drug-likeness (QED) is 0.319. The highest BCUT2D eigenvalue weighted by Crippen LogP contribution is 2.38. The Balaban J connectivity index is 1.74. The van der Waals surface area contributed by atoms with Crippen molar-refractivity contribution in [2.24, 2.45) is 0 Å². The lowest BCUT2D eigenvalue weighted by Gasteiger charge is -2.18. The minimum absolute atomic E-state index is 0.0252. The third-order valence-electron chi connectivity index (χ3n) is 4.45. The normalized spacial score (nSPS) is 29.0. The fourth-order valence-corrected chi connectivity index (χ4v) is 4.36. The summed E-state index contributed by atoms with van der Waals surface area (Å²) in [6.07, 6.45) is 8.18. The van der Waals surface area contributed by atoms with E-state index in [1.165, 1.54) is 45.4 Å². The van der Waals surface area contributed by atoms with Gasteiger partial charge in [0.25, 0.3) is 0 Å². The topological polar surface area (TPSA) is 54.0 Å². The van der Waals surface area contributed by atoms with E-state index in [-0.39, 0.29) is 43.4 Å². The lowest BCUT2D eigenvalue weighted by molar-refractivity contribution is -0.145. The van der Waals surface area contributed by atoms with Crippen LogP contribution in [-0.2, 0) is 23.6 Å². The first-order valence-electron chi connectivity index (χ1n) is 9.37. The van der Waals surface area contributed by atoms with Gasteiger partial charge in [-0.25, -0.2) is 0 Å². The van der Waals surface area contributed by atoms with Crippen LogP contribution in [0.1, 0.15) is 59.3 Å². The summed E-state index contributed by atoms with van der Waals surface area (Å²) in [5.74, 6) is 0.782. The van der Waals surface area contributed by atoms with Crippen molar-refractivity contribution in [2.75, 3.05) is 12.4 Å². The summed E-state index contributed by atoms with van der Waals surface area (Å²) in [6.45, 7) is 5.94. The molecule has 0 unspecified atom stereocenters. The molecule has 0 aliphatic carbocycles. The predicted molar refractivity (Wildman–Crippen MR) is 97.1 cm³/mol. The molecular formula is C17H31BO5S. The fraction of sp³-hybridized carbons (Fsp3) is 0.941. The van der Waals surface area contributed by atoms with Crippen LogP contribution in [0.3, 0.4) is 0 Å². The predicted octanol–water partition coefficient (Wildman–Crippen LogP) is 3.66. The highest BCUT2D eigenvalue weighted by molar-refractivity contribution is 7.99. The zero-order valence-electron chi connectivity index (χ0n) is 15.2.